The normalized spacial score (nSPS) is 12.5. The molecule has 0 saturated heterocycles. The largest absolute Gasteiger partial charge is 0.360 e. The molecule has 1 heterocycles. The van der Waals surface area contributed by atoms with Crippen molar-refractivity contribution in [2.24, 2.45) is 0 Å². The van der Waals surface area contributed by atoms with Gasteiger partial charge in [0.15, 0.2) is 0 Å². The molecule has 0 spiro atoms. The molecular weight excluding hydrogens is 414 g/mol. The molecular formula is C23H27N3O4S. The lowest BCUT2D eigenvalue weighted by Crippen LogP contribution is -2.35. The molecule has 0 aliphatic carbocycles. The lowest BCUT2D eigenvalue weighted by atomic mass is 10.1. The van der Waals surface area contributed by atoms with Crippen LogP contribution in [0.25, 0.3) is 10.9 Å². The van der Waals surface area contributed by atoms with Crippen LogP contribution in [0.2, 0.25) is 0 Å². The topological polar surface area (TPSA) is 99.3 Å². The number of hydrogen-bond acceptors (Lipinski definition) is 4. The summed E-state index contributed by atoms with van der Waals surface area (Å²) in [5.74, 6) is -0.486. The van der Waals surface area contributed by atoms with Gasteiger partial charge in [-0.05, 0) is 49.6 Å². The van der Waals surface area contributed by atoms with Crippen molar-refractivity contribution >= 4 is 32.5 Å². The molecule has 0 unspecified atom stereocenters. The lowest BCUT2D eigenvalue weighted by Gasteiger charge is -2.22. The van der Waals surface area contributed by atoms with E-state index in [2.05, 4.69) is 10.3 Å². The zero-order valence-electron chi connectivity index (χ0n) is 18.1. The lowest BCUT2D eigenvalue weighted by molar-refractivity contribution is 0.0938. The van der Waals surface area contributed by atoms with Crippen molar-refractivity contribution in [3.63, 3.8) is 0 Å². The van der Waals surface area contributed by atoms with Gasteiger partial charge in [0.05, 0.1) is 10.6 Å². The Hall–Kier alpha value is -3.13. The minimum atomic E-state index is -3.91. The van der Waals surface area contributed by atoms with Crippen LogP contribution in [-0.2, 0) is 16.4 Å². The number of nitrogens with zero attached hydrogens (tertiary/aromatic N) is 1. The maximum absolute atomic E-state index is 13.3. The molecule has 3 rings (SSSR count). The number of pyridine rings is 1. The van der Waals surface area contributed by atoms with E-state index in [4.69, 9.17) is 0 Å². The van der Waals surface area contributed by atoms with Crippen LogP contribution in [0.5, 0.6) is 0 Å². The Bertz CT molecular complexity index is 1280. The van der Waals surface area contributed by atoms with Crippen LogP contribution in [0.1, 0.15) is 43.1 Å². The fourth-order valence-corrected chi connectivity index (χ4v) is 4.60. The summed E-state index contributed by atoms with van der Waals surface area (Å²) in [6.07, 6.45) is 2.77. The summed E-state index contributed by atoms with van der Waals surface area (Å²) in [7, 11) is -2.41. The van der Waals surface area contributed by atoms with Crippen LogP contribution < -0.4 is 15.1 Å². The minimum absolute atomic E-state index is 0.0154. The van der Waals surface area contributed by atoms with E-state index in [0.717, 1.165) is 12.0 Å². The number of para-hydroxylation sites is 1. The molecule has 0 saturated carbocycles. The van der Waals surface area contributed by atoms with E-state index in [-0.39, 0.29) is 21.9 Å². The molecule has 7 nitrogen and oxygen atoms in total. The summed E-state index contributed by atoms with van der Waals surface area (Å²) in [4.78, 5) is 28.3. The van der Waals surface area contributed by atoms with Gasteiger partial charge in [-0.25, -0.2) is 8.42 Å². The first-order chi connectivity index (χ1) is 14.7. The number of aryl methyl sites for hydroxylation is 1. The maximum atomic E-state index is 13.3. The second-order valence-electron chi connectivity index (χ2n) is 7.48. The summed E-state index contributed by atoms with van der Waals surface area (Å²) in [5.41, 5.74) is 1.38. The first-order valence-corrected chi connectivity index (χ1v) is 11.7. The van der Waals surface area contributed by atoms with Gasteiger partial charge in [-0.15, -0.1) is 0 Å². The number of benzene rings is 2. The Morgan fingerprint density at radius 1 is 1.16 bits per heavy atom. The van der Waals surface area contributed by atoms with Crippen molar-refractivity contribution < 1.29 is 13.2 Å². The number of rotatable bonds is 7. The van der Waals surface area contributed by atoms with Crippen LogP contribution >= 0.6 is 0 Å². The molecule has 0 bridgehead atoms. The fourth-order valence-electron chi connectivity index (χ4n) is 3.33. The number of sulfonamides is 1. The van der Waals surface area contributed by atoms with Crippen LogP contribution in [0.3, 0.4) is 0 Å². The molecule has 0 radical (unpaired) electrons. The van der Waals surface area contributed by atoms with Gasteiger partial charge in [0.25, 0.3) is 15.9 Å². The molecule has 3 aromatic rings. The second kappa shape index (κ2) is 8.93. The molecule has 1 atom stereocenters. The Kier molecular flexibility index (Phi) is 6.50. The molecule has 2 N–H and O–H groups in total. The Morgan fingerprint density at radius 2 is 1.87 bits per heavy atom. The molecule has 2 aromatic carbocycles. The molecule has 1 aromatic heterocycles. The van der Waals surface area contributed by atoms with E-state index in [1.807, 2.05) is 32.9 Å². The number of anilines is 1. The highest BCUT2D eigenvalue weighted by Gasteiger charge is 2.24. The Morgan fingerprint density at radius 3 is 2.55 bits per heavy atom. The van der Waals surface area contributed by atoms with E-state index < -0.39 is 21.4 Å². The zero-order valence-corrected chi connectivity index (χ0v) is 18.9. The third-order valence-corrected chi connectivity index (χ3v) is 7.22. The van der Waals surface area contributed by atoms with Gasteiger partial charge in [0.1, 0.15) is 5.56 Å². The Labute approximate surface area is 182 Å². The average molecular weight is 442 g/mol. The number of carbonyl (C=O) groups is 1. The minimum Gasteiger partial charge on any atom is -0.360 e. The fraction of sp³-hybridized carbons (Fsp3) is 0.304. The van der Waals surface area contributed by atoms with Gasteiger partial charge in [0.2, 0.25) is 5.43 Å². The predicted molar refractivity (Wildman–Crippen MR) is 123 cm³/mol. The highest BCUT2D eigenvalue weighted by molar-refractivity contribution is 7.92. The first kappa shape index (κ1) is 22.6. The highest BCUT2D eigenvalue weighted by atomic mass is 32.2. The predicted octanol–water partition coefficient (Wildman–Crippen LogP) is 3.44. The van der Waals surface area contributed by atoms with Crippen LogP contribution in [0, 0.1) is 0 Å². The Balaban J connectivity index is 2.08. The number of aromatic nitrogens is 1. The maximum Gasteiger partial charge on any atom is 0.264 e. The second-order valence-corrected chi connectivity index (χ2v) is 9.45. The molecule has 0 aliphatic heterocycles. The van der Waals surface area contributed by atoms with Crippen LogP contribution in [-0.4, -0.2) is 32.4 Å². The van der Waals surface area contributed by atoms with E-state index in [1.165, 1.54) is 29.7 Å². The number of aromatic amines is 1. The van der Waals surface area contributed by atoms with Crippen LogP contribution in [0.15, 0.2) is 58.4 Å². The van der Waals surface area contributed by atoms with Gasteiger partial charge < -0.3 is 10.3 Å². The van der Waals surface area contributed by atoms with Crippen molar-refractivity contribution in [3.05, 3.63) is 70.0 Å². The smallest absolute Gasteiger partial charge is 0.264 e. The van der Waals surface area contributed by atoms with Crippen molar-refractivity contribution in [3.8, 4) is 0 Å². The monoisotopic (exact) mass is 441 g/mol. The van der Waals surface area contributed by atoms with E-state index in [0.29, 0.717) is 17.6 Å². The number of hydrogen-bond donors (Lipinski definition) is 2. The van der Waals surface area contributed by atoms with Gasteiger partial charge in [0, 0.05) is 30.2 Å². The van der Waals surface area contributed by atoms with Gasteiger partial charge in [-0.1, -0.05) is 32.0 Å². The van der Waals surface area contributed by atoms with Crippen LogP contribution in [0.4, 0.5) is 5.69 Å². The van der Waals surface area contributed by atoms with Crippen molar-refractivity contribution in [2.45, 2.75) is 44.6 Å². The average Bonchev–Trinajstić information content (AvgIpc) is 2.78. The molecule has 0 aliphatic rings. The van der Waals surface area contributed by atoms with E-state index in [9.17, 15) is 18.0 Å². The van der Waals surface area contributed by atoms with Crippen molar-refractivity contribution in [1.29, 1.82) is 0 Å². The number of fused-ring (bicyclic) bond motifs is 1. The van der Waals surface area contributed by atoms with Crippen molar-refractivity contribution in [2.75, 3.05) is 11.4 Å². The molecule has 164 valence electrons. The summed E-state index contributed by atoms with van der Waals surface area (Å²) < 4.78 is 27.8. The van der Waals surface area contributed by atoms with Gasteiger partial charge >= 0.3 is 0 Å². The zero-order chi connectivity index (χ0) is 22.8. The van der Waals surface area contributed by atoms with Gasteiger partial charge in [-0.2, -0.15) is 0 Å². The summed E-state index contributed by atoms with van der Waals surface area (Å²) in [6, 6.07) is 11.5. The highest BCUT2D eigenvalue weighted by Crippen LogP contribution is 2.27. The number of amides is 1. The summed E-state index contributed by atoms with van der Waals surface area (Å²) >= 11 is 0. The van der Waals surface area contributed by atoms with E-state index >= 15 is 0 Å². The number of H-pyrrole nitrogens is 1. The SMILES string of the molecule is CCc1ccccc1N(C)S(=O)(=O)c1ccc2[nH]cc(C(=O)N[C@H](C)CC)c(=O)c2c1. The third-order valence-electron chi connectivity index (χ3n) is 5.46. The molecule has 31 heavy (non-hydrogen) atoms. The summed E-state index contributed by atoms with van der Waals surface area (Å²) in [6.45, 7) is 5.74. The first-order valence-electron chi connectivity index (χ1n) is 10.2. The third kappa shape index (κ3) is 4.34. The standard InChI is InChI=1S/C23H27N3O4S/c1-5-15(3)25-23(28)19-14-24-20-12-11-17(13-18(20)22(19)27)31(29,30)26(4)21-10-8-7-9-16(21)6-2/h7-15H,5-6H2,1-4H3,(H,24,27)(H,25,28)/t15-/m1/s1. The van der Waals surface area contributed by atoms with Gasteiger partial charge in [-0.3, -0.25) is 13.9 Å². The molecule has 8 heteroatoms. The van der Waals surface area contributed by atoms with E-state index in [1.54, 1.807) is 18.2 Å². The van der Waals surface area contributed by atoms with Crippen molar-refractivity contribution in [1.82, 2.24) is 10.3 Å². The molecule has 1 amide bonds. The quantitative estimate of drug-likeness (QED) is 0.587. The number of nitrogens with one attached hydrogen (secondary N) is 2. The molecule has 0 fully saturated rings. The number of carbonyl (C=O) groups excluding carboxylic acids is 1. The summed E-state index contributed by atoms with van der Waals surface area (Å²) in [5, 5.41) is 2.91.